The number of hydrogen-bond donors (Lipinski definition) is 0. The lowest BCUT2D eigenvalue weighted by Gasteiger charge is -2.21. The van der Waals surface area contributed by atoms with E-state index in [-0.39, 0.29) is 29.9 Å². The molecule has 0 aliphatic heterocycles. The molecule has 0 spiro atoms. The molecule has 0 saturated carbocycles. The third kappa shape index (κ3) is 6.66. The summed E-state index contributed by atoms with van der Waals surface area (Å²) in [5.41, 5.74) is -1.29. The van der Waals surface area contributed by atoms with Crippen LogP contribution in [0.2, 0.25) is 0 Å². The number of Topliss-reactive ketones (excluding diaryl/α,β-unsaturated/α-hetero) is 1. The van der Waals surface area contributed by atoms with Gasteiger partial charge >= 0.3 is 12.4 Å². The Balaban J connectivity index is 1.91. The topological polar surface area (TPSA) is 30.0 Å². The van der Waals surface area contributed by atoms with Crippen molar-refractivity contribution in [3.63, 3.8) is 0 Å². The van der Waals surface area contributed by atoms with Crippen LogP contribution >= 0.6 is 15.9 Å². The van der Waals surface area contributed by atoms with Crippen LogP contribution in [-0.2, 0) is 23.6 Å². The number of aryl methyl sites for hydroxylation is 1. The van der Waals surface area contributed by atoms with Crippen LogP contribution in [0.5, 0.6) is 0 Å². The summed E-state index contributed by atoms with van der Waals surface area (Å²) in [4.78, 5) is 16.6. The Kier molecular flexibility index (Phi) is 7.62. The monoisotopic (exact) mass is 529 g/mol. The smallest absolute Gasteiger partial charge is 0.300 e. The number of benzene rings is 2. The molecule has 0 aliphatic carbocycles. The molecule has 2 aromatic carbocycles. The highest BCUT2D eigenvalue weighted by molar-refractivity contribution is 9.10. The van der Waals surface area contributed by atoms with Gasteiger partial charge in [-0.25, -0.2) is 0 Å². The quantitative estimate of drug-likeness (QED) is 0.295. The van der Waals surface area contributed by atoms with Gasteiger partial charge in [-0.15, -0.1) is 0 Å². The van der Waals surface area contributed by atoms with Crippen molar-refractivity contribution in [1.29, 1.82) is 0 Å². The van der Waals surface area contributed by atoms with Crippen molar-refractivity contribution < 1.29 is 31.1 Å². The number of alkyl halides is 6. The number of nitrogens with zero attached hydrogens (tertiary/aromatic N) is 1. The average molecular weight is 530 g/mol. The fraction of sp³-hybridized carbons (Fsp3) is 0.250. The van der Waals surface area contributed by atoms with Crippen molar-refractivity contribution in [2.75, 3.05) is 0 Å². The van der Waals surface area contributed by atoms with E-state index in [1.807, 2.05) is 24.3 Å². The number of ketones is 1. The van der Waals surface area contributed by atoms with E-state index in [0.717, 1.165) is 46.4 Å². The predicted molar refractivity (Wildman–Crippen MR) is 115 cm³/mol. The summed E-state index contributed by atoms with van der Waals surface area (Å²) >= 11 is 3.31. The number of rotatable bonds is 7. The minimum atomic E-state index is -4.73. The Hall–Kier alpha value is -2.68. The number of pyridine rings is 1. The second-order valence-corrected chi connectivity index (χ2v) is 8.39. The summed E-state index contributed by atoms with van der Waals surface area (Å²) in [6, 6.07) is 13.1. The molecule has 1 aromatic heterocycles. The van der Waals surface area contributed by atoms with Gasteiger partial charge in [0, 0.05) is 29.4 Å². The maximum Gasteiger partial charge on any atom is 0.418 e. The van der Waals surface area contributed by atoms with E-state index in [0.29, 0.717) is 6.42 Å². The summed E-state index contributed by atoms with van der Waals surface area (Å²) in [6.07, 6.45) is -7.99. The summed E-state index contributed by atoms with van der Waals surface area (Å²) in [7, 11) is 0. The van der Waals surface area contributed by atoms with Crippen LogP contribution < -0.4 is 0 Å². The minimum Gasteiger partial charge on any atom is -0.300 e. The first-order valence-corrected chi connectivity index (χ1v) is 10.7. The average Bonchev–Trinajstić information content (AvgIpc) is 2.76. The standard InChI is InChI=1S/C24H18BrF6NO/c25-18-10-3-15(4-11-18)5-12-19(33)14-20(16-6-8-17(9-7-16)23(26,27)28)22-21(24(29,30)31)2-1-13-32-22/h1-4,6-11,13,20H,5,12,14H2/t20-/m0/s1. The molecular weight excluding hydrogens is 512 g/mol. The zero-order chi connectivity index (χ0) is 24.2. The number of carbonyl (C=O) groups is 1. The summed E-state index contributed by atoms with van der Waals surface area (Å²) < 4.78 is 80.5. The third-order valence-corrected chi connectivity index (χ3v) is 5.68. The lowest BCUT2D eigenvalue weighted by Crippen LogP contribution is -2.17. The number of halogens is 7. The molecule has 9 heteroatoms. The Morgan fingerprint density at radius 3 is 2.09 bits per heavy atom. The zero-order valence-corrected chi connectivity index (χ0v) is 18.6. The molecule has 0 amide bonds. The summed E-state index contributed by atoms with van der Waals surface area (Å²) in [5, 5.41) is 0. The van der Waals surface area contributed by atoms with Crippen LogP contribution in [0.15, 0.2) is 71.3 Å². The molecule has 0 saturated heterocycles. The van der Waals surface area contributed by atoms with Crippen molar-refractivity contribution >= 4 is 21.7 Å². The van der Waals surface area contributed by atoms with Gasteiger partial charge in [-0.1, -0.05) is 40.2 Å². The fourth-order valence-corrected chi connectivity index (χ4v) is 3.74. The molecule has 174 valence electrons. The third-order valence-electron chi connectivity index (χ3n) is 5.15. The van der Waals surface area contributed by atoms with Gasteiger partial charge in [-0.05, 0) is 53.9 Å². The molecule has 1 atom stereocenters. The second-order valence-electron chi connectivity index (χ2n) is 7.48. The van der Waals surface area contributed by atoms with Crippen molar-refractivity contribution in [2.45, 2.75) is 37.5 Å². The highest BCUT2D eigenvalue weighted by Crippen LogP contribution is 2.39. The molecule has 0 fully saturated rings. The van der Waals surface area contributed by atoms with Gasteiger partial charge in [0.15, 0.2) is 0 Å². The van der Waals surface area contributed by atoms with Crippen molar-refractivity contribution in [1.82, 2.24) is 4.98 Å². The van der Waals surface area contributed by atoms with Gasteiger partial charge in [0.1, 0.15) is 5.78 Å². The van der Waals surface area contributed by atoms with Crippen LogP contribution in [0.3, 0.4) is 0 Å². The van der Waals surface area contributed by atoms with E-state index in [9.17, 15) is 31.1 Å². The van der Waals surface area contributed by atoms with Gasteiger partial charge in [-0.2, -0.15) is 26.3 Å². The molecule has 0 aliphatic rings. The van der Waals surface area contributed by atoms with Crippen molar-refractivity contribution in [2.24, 2.45) is 0 Å². The lowest BCUT2D eigenvalue weighted by molar-refractivity contribution is -0.139. The molecule has 33 heavy (non-hydrogen) atoms. The first-order chi connectivity index (χ1) is 15.4. The Morgan fingerprint density at radius 1 is 0.879 bits per heavy atom. The molecule has 1 heterocycles. The van der Waals surface area contributed by atoms with E-state index in [2.05, 4.69) is 20.9 Å². The number of carbonyl (C=O) groups excluding carboxylic acids is 1. The minimum absolute atomic E-state index is 0.0763. The molecule has 2 nitrogen and oxygen atoms in total. The predicted octanol–water partition coefficient (Wildman–Crippen LogP) is 7.61. The first kappa shape index (κ1) is 25.0. The van der Waals surface area contributed by atoms with Crippen LogP contribution in [0, 0.1) is 0 Å². The van der Waals surface area contributed by atoms with E-state index in [1.54, 1.807) is 0 Å². The van der Waals surface area contributed by atoms with Gasteiger partial charge in [0.05, 0.1) is 16.8 Å². The Morgan fingerprint density at radius 2 is 1.52 bits per heavy atom. The molecular formula is C24H18BrF6NO. The van der Waals surface area contributed by atoms with Gasteiger partial charge in [0.25, 0.3) is 0 Å². The van der Waals surface area contributed by atoms with Gasteiger partial charge in [-0.3, -0.25) is 9.78 Å². The number of hydrogen-bond acceptors (Lipinski definition) is 2. The van der Waals surface area contributed by atoms with Crippen LogP contribution in [-0.4, -0.2) is 10.8 Å². The largest absolute Gasteiger partial charge is 0.418 e. The first-order valence-electron chi connectivity index (χ1n) is 9.90. The SMILES string of the molecule is O=C(CCc1ccc(Br)cc1)C[C@@H](c1ccc(C(F)(F)F)cc1)c1ncccc1C(F)(F)F. The normalized spacial score (nSPS) is 13.1. The Bertz CT molecular complexity index is 1090. The molecule has 3 rings (SSSR count). The van der Waals surface area contributed by atoms with E-state index in [4.69, 9.17) is 0 Å². The summed E-state index contributed by atoms with van der Waals surface area (Å²) in [5.74, 6) is -1.45. The van der Waals surface area contributed by atoms with Gasteiger partial charge in [0.2, 0.25) is 0 Å². The molecule has 0 N–H and O–H groups in total. The van der Waals surface area contributed by atoms with Crippen molar-refractivity contribution in [3.8, 4) is 0 Å². The van der Waals surface area contributed by atoms with Gasteiger partial charge < -0.3 is 0 Å². The van der Waals surface area contributed by atoms with Crippen LogP contribution in [0.4, 0.5) is 26.3 Å². The van der Waals surface area contributed by atoms with E-state index >= 15 is 0 Å². The van der Waals surface area contributed by atoms with Crippen LogP contribution in [0.1, 0.15) is 46.7 Å². The molecule has 0 bridgehead atoms. The highest BCUT2D eigenvalue weighted by Gasteiger charge is 2.37. The van der Waals surface area contributed by atoms with Crippen LogP contribution in [0.25, 0.3) is 0 Å². The van der Waals surface area contributed by atoms with E-state index in [1.165, 1.54) is 6.20 Å². The zero-order valence-electron chi connectivity index (χ0n) is 17.1. The fourth-order valence-electron chi connectivity index (χ4n) is 3.48. The lowest BCUT2D eigenvalue weighted by atomic mass is 9.86. The van der Waals surface area contributed by atoms with Crippen molar-refractivity contribution in [3.05, 3.63) is 99.3 Å². The maximum atomic E-state index is 13.6. The highest BCUT2D eigenvalue weighted by atomic mass is 79.9. The summed E-state index contributed by atoms with van der Waals surface area (Å²) in [6.45, 7) is 0. The second kappa shape index (κ2) is 10.1. The maximum absolute atomic E-state index is 13.6. The molecule has 0 unspecified atom stereocenters. The molecule has 3 aromatic rings. The number of aromatic nitrogens is 1. The Labute approximate surface area is 194 Å². The van der Waals surface area contributed by atoms with E-state index < -0.39 is 29.4 Å². The molecule has 0 radical (unpaired) electrons.